The summed E-state index contributed by atoms with van der Waals surface area (Å²) in [7, 11) is 0. The van der Waals surface area contributed by atoms with E-state index in [-0.39, 0.29) is 17.7 Å². The standard InChI is InChI=1S/C22H22FN3O2S2/c23-17-4-1-3-16(13-17)22(28)26-10-7-15(8-11-26)20(27)24-9-6-18-14-30-21(25-18)19-5-2-12-29-19/h1-5,12-15H,6-11H2,(H,24,27). The number of halogens is 1. The van der Waals surface area contributed by atoms with Gasteiger partial charge in [0.1, 0.15) is 10.8 Å². The molecule has 0 aliphatic carbocycles. The molecule has 0 bridgehead atoms. The highest BCUT2D eigenvalue weighted by Crippen LogP contribution is 2.27. The number of carbonyl (C=O) groups is 2. The molecule has 1 aliphatic rings. The van der Waals surface area contributed by atoms with Crippen LogP contribution in [0, 0.1) is 11.7 Å². The van der Waals surface area contributed by atoms with E-state index < -0.39 is 5.82 Å². The second-order valence-electron chi connectivity index (χ2n) is 7.24. The largest absolute Gasteiger partial charge is 0.355 e. The molecule has 1 saturated heterocycles. The molecule has 1 N–H and O–H groups in total. The van der Waals surface area contributed by atoms with Crippen molar-refractivity contribution in [2.45, 2.75) is 19.3 Å². The summed E-state index contributed by atoms with van der Waals surface area (Å²) in [6.45, 7) is 1.56. The van der Waals surface area contributed by atoms with Gasteiger partial charge in [0.2, 0.25) is 5.91 Å². The van der Waals surface area contributed by atoms with Crippen LogP contribution >= 0.6 is 22.7 Å². The zero-order chi connectivity index (χ0) is 20.9. The van der Waals surface area contributed by atoms with E-state index in [1.165, 1.54) is 18.2 Å². The highest BCUT2D eigenvalue weighted by molar-refractivity contribution is 7.20. The molecule has 156 valence electrons. The van der Waals surface area contributed by atoms with Gasteiger partial charge in [0.25, 0.3) is 5.91 Å². The van der Waals surface area contributed by atoms with Crippen LogP contribution in [0.1, 0.15) is 28.9 Å². The van der Waals surface area contributed by atoms with Gasteiger partial charge < -0.3 is 10.2 Å². The minimum atomic E-state index is -0.419. The molecule has 2 amide bonds. The zero-order valence-corrected chi connectivity index (χ0v) is 18.0. The minimum absolute atomic E-state index is 0.0292. The summed E-state index contributed by atoms with van der Waals surface area (Å²) in [6.07, 6.45) is 1.93. The predicted molar refractivity (Wildman–Crippen MR) is 117 cm³/mol. The lowest BCUT2D eigenvalue weighted by atomic mass is 9.95. The SMILES string of the molecule is O=C(NCCc1csc(-c2cccs2)n1)C1CCN(C(=O)c2cccc(F)c2)CC1. The molecule has 1 aliphatic heterocycles. The van der Waals surface area contributed by atoms with Gasteiger partial charge >= 0.3 is 0 Å². The van der Waals surface area contributed by atoms with Crippen LogP contribution in [0.5, 0.6) is 0 Å². The molecule has 0 atom stereocenters. The Morgan fingerprint density at radius 2 is 2.00 bits per heavy atom. The van der Waals surface area contributed by atoms with Gasteiger partial charge in [-0.25, -0.2) is 9.37 Å². The van der Waals surface area contributed by atoms with Gasteiger partial charge in [0, 0.05) is 42.9 Å². The van der Waals surface area contributed by atoms with Crippen LogP contribution in [-0.4, -0.2) is 41.3 Å². The number of hydrogen-bond acceptors (Lipinski definition) is 5. The number of carbonyl (C=O) groups excluding carboxylic acids is 2. The second kappa shape index (κ2) is 9.49. The average molecular weight is 444 g/mol. The van der Waals surface area contributed by atoms with Crippen LogP contribution in [-0.2, 0) is 11.2 Å². The first-order valence-electron chi connectivity index (χ1n) is 9.91. The average Bonchev–Trinajstić information content (AvgIpc) is 3.45. The second-order valence-corrected chi connectivity index (χ2v) is 9.04. The number of nitrogens with zero attached hydrogens (tertiary/aromatic N) is 2. The highest BCUT2D eigenvalue weighted by atomic mass is 32.1. The van der Waals surface area contributed by atoms with Crippen molar-refractivity contribution >= 4 is 34.5 Å². The van der Waals surface area contributed by atoms with E-state index in [0.29, 0.717) is 44.5 Å². The van der Waals surface area contributed by atoms with E-state index in [9.17, 15) is 14.0 Å². The number of rotatable bonds is 6. The normalized spacial score (nSPS) is 14.6. The van der Waals surface area contributed by atoms with Crippen molar-refractivity contribution in [2.75, 3.05) is 19.6 Å². The molecule has 0 unspecified atom stereocenters. The van der Waals surface area contributed by atoms with Gasteiger partial charge in [-0.3, -0.25) is 9.59 Å². The minimum Gasteiger partial charge on any atom is -0.355 e. The summed E-state index contributed by atoms with van der Waals surface area (Å²) in [5.74, 6) is -0.670. The topological polar surface area (TPSA) is 62.3 Å². The van der Waals surface area contributed by atoms with Crippen LogP contribution in [0.25, 0.3) is 9.88 Å². The lowest BCUT2D eigenvalue weighted by Crippen LogP contribution is -2.43. The van der Waals surface area contributed by atoms with Gasteiger partial charge in [0.15, 0.2) is 0 Å². The van der Waals surface area contributed by atoms with Crippen molar-refractivity contribution in [3.05, 3.63) is 64.2 Å². The Bertz CT molecular complexity index is 1010. The summed E-state index contributed by atoms with van der Waals surface area (Å²) >= 11 is 3.29. The van der Waals surface area contributed by atoms with Crippen LogP contribution in [0.2, 0.25) is 0 Å². The van der Waals surface area contributed by atoms with Gasteiger partial charge in [-0.2, -0.15) is 0 Å². The molecule has 8 heteroatoms. The number of piperidine rings is 1. The lowest BCUT2D eigenvalue weighted by Gasteiger charge is -2.31. The number of hydrogen-bond donors (Lipinski definition) is 1. The molecule has 2 aromatic heterocycles. The van der Waals surface area contributed by atoms with Crippen LogP contribution in [0.3, 0.4) is 0 Å². The van der Waals surface area contributed by atoms with Crippen molar-refractivity contribution < 1.29 is 14.0 Å². The van der Waals surface area contributed by atoms with E-state index in [2.05, 4.69) is 16.4 Å². The molecule has 0 radical (unpaired) electrons. The molecule has 0 spiro atoms. The zero-order valence-electron chi connectivity index (χ0n) is 16.3. The first-order chi connectivity index (χ1) is 14.6. The fourth-order valence-corrected chi connectivity index (χ4v) is 5.21. The predicted octanol–water partition coefficient (Wildman–Crippen LogP) is 4.22. The van der Waals surface area contributed by atoms with Crippen LogP contribution in [0.4, 0.5) is 4.39 Å². The van der Waals surface area contributed by atoms with Gasteiger partial charge in [-0.1, -0.05) is 12.1 Å². The summed E-state index contributed by atoms with van der Waals surface area (Å²) in [5.41, 5.74) is 1.34. The molecular weight excluding hydrogens is 421 g/mol. The van der Waals surface area contributed by atoms with Crippen molar-refractivity contribution in [3.63, 3.8) is 0 Å². The Balaban J connectivity index is 1.21. The maximum atomic E-state index is 13.3. The summed E-state index contributed by atoms with van der Waals surface area (Å²) in [5, 5.41) is 8.09. The summed E-state index contributed by atoms with van der Waals surface area (Å²) in [4.78, 5) is 32.5. The van der Waals surface area contributed by atoms with Crippen molar-refractivity contribution in [3.8, 4) is 9.88 Å². The maximum Gasteiger partial charge on any atom is 0.253 e. The molecule has 0 saturated carbocycles. The van der Waals surface area contributed by atoms with Crippen molar-refractivity contribution in [2.24, 2.45) is 5.92 Å². The number of nitrogens with one attached hydrogen (secondary N) is 1. The quantitative estimate of drug-likeness (QED) is 0.620. The smallest absolute Gasteiger partial charge is 0.253 e. The fraction of sp³-hybridized carbons (Fsp3) is 0.318. The molecular formula is C22H22FN3O2S2. The van der Waals surface area contributed by atoms with Crippen molar-refractivity contribution in [1.82, 2.24) is 15.2 Å². The third-order valence-electron chi connectivity index (χ3n) is 5.19. The van der Waals surface area contributed by atoms with E-state index in [0.717, 1.165) is 15.6 Å². The first kappa shape index (κ1) is 20.7. The highest BCUT2D eigenvalue weighted by Gasteiger charge is 2.27. The van der Waals surface area contributed by atoms with E-state index in [4.69, 9.17) is 0 Å². The van der Waals surface area contributed by atoms with E-state index in [1.54, 1.807) is 33.6 Å². The maximum absolute atomic E-state index is 13.3. The number of thiophene rings is 1. The number of thiazole rings is 1. The Kier molecular flexibility index (Phi) is 6.54. The summed E-state index contributed by atoms with van der Waals surface area (Å²) < 4.78 is 13.3. The molecule has 4 rings (SSSR count). The van der Waals surface area contributed by atoms with Gasteiger partial charge in [0.05, 0.1) is 10.6 Å². The Labute approximate surface area is 182 Å². The number of likely N-dealkylation sites (tertiary alicyclic amines) is 1. The molecule has 5 nitrogen and oxygen atoms in total. The van der Waals surface area contributed by atoms with Crippen LogP contribution < -0.4 is 5.32 Å². The van der Waals surface area contributed by atoms with Crippen molar-refractivity contribution in [1.29, 1.82) is 0 Å². The number of amides is 2. The number of aromatic nitrogens is 1. The van der Waals surface area contributed by atoms with E-state index >= 15 is 0 Å². The molecule has 3 heterocycles. The summed E-state index contributed by atoms with van der Waals surface area (Å²) in [6, 6.07) is 9.80. The monoisotopic (exact) mass is 443 g/mol. The first-order valence-corrected chi connectivity index (χ1v) is 11.7. The Morgan fingerprint density at radius 1 is 1.17 bits per heavy atom. The molecule has 3 aromatic rings. The lowest BCUT2D eigenvalue weighted by molar-refractivity contribution is -0.126. The fourth-order valence-electron chi connectivity index (χ4n) is 3.54. The molecule has 30 heavy (non-hydrogen) atoms. The van der Waals surface area contributed by atoms with E-state index in [1.807, 2.05) is 16.8 Å². The molecule has 1 aromatic carbocycles. The van der Waals surface area contributed by atoms with Crippen LogP contribution in [0.15, 0.2) is 47.2 Å². The Hall–Kier alpha value is -2.58. The Morgan fingerprint density at radius 3 is 2.73 bits per heavy atom. The molecule has 1 fully saturated rings. The third-order valence-corrected chi connectivity index (χ3v) is 7.12. The number of benzene rings is 1. The van der Waals surface area contributed by atoms with Gasteiger partial charge in [-0.05, 0) is 42.5 Å². The van der Waals surface area contributed by atoms with Gasteiger partial charge in [-0.15, -0.1) is 22.7 Å². The third kappa shape index (κ3) is 4.94.